The van der Waals surface area contributed by atoms with Crippen LogP contribution in [0.15, 0.2) is 0 Å². The zero-order chi connectivity index (χ0) is 11.8. The van der Waals surface area contributed by atoms with Crippen molar-refractivity contribution >= 4 is 11.9 Å². The predicted molar refractivity (Wildman–Crippen MR) is 51.5 cm³/mol. The van der Waals surface area contributed by atoms with Crippen LogP contribution in [-0.4, -0.2) is 25.2 Å². The molecule has 15 heavy (non-hydrogen) atoms. The number of carbonyl (C=O) groups is 2. The van der Waals surface area contributed by atoms with E-state index < -0.39 is 23.8 Å². The van der Waals surface area contributed by atoms with Gasteiger partial charge in [0.1, 0.15) is 0 Å². The molecule has 0 amide bonds. The van der Waals surface area contributed by atoms with Gasteiger partial charge < -0.3 is 9.47 Å². The van der Waals surface area contributed by atoms with Crippen molar-refractivity contribution in [3.05, 3.63) is 0 Å². The molecule has 0 aromatic carbocycles. The SMILES string of the molecule is CCOC(=O)[C@@H](C)[C@H](C#N)C(=O)OCC. The van der Waals surface area contributed by atoms with Crippen molar-refractivity contribution in [3.8, 4) is 6.07 Å². The Hall–Kier alpha value is -1.57. The highest BCUT2D eigenvalue weighted by Gasteiger charge is 2.32. The highest BCUT2D eigenvalue weighted by molar-refractivity contribution is 5.83. The molecule has 5 nitrogen and oxygen atoms in total. The number of esters is 2. The van der Waals surface area contributed by atoms with Gasteiger partial charge in [-0.1, -0.05) is 6.92 Å². The van der Waals surface area contributed by atoms with E-state index in [1.54, 1.807) is 19.9 Å². The summed E-state index contributed by atoms with van der Waals surface area (Å²) >= 11 is 0. The predicted octanol–water partition coefficient (Wildman–Crippen LogP) is 0.888. The molecule has 0 aliphatic rings. The fourth-order valence-electron chi connectivity index (χ4n) is 1.01. The Labute approximate surface area is 89.0 Å². The first-order chi connectivity index (χ1) is 7.08. The number of rotatable bonds is 5. The van der Waals surface area contributed by atoms with Crippen LogP contribution in [0.3, 0.4) is 0 Å². The zero-order valence-corrected chi connectivity index (χ0v) is 9.15. The highest BCUT2D eigenvalue weighted by atomic mass is 16.5. The van der Waals surface area contributed by atoms with Crippen LogP contribution in [0.2, 0.25) is 0 Å². The monoisotopic (exact) mass is 213 g/mol. The Bertz CT molecular complexity index is 269. The second kappa shape index (κ2) is 6.82. The van der Waals surface area contributed by atoms with Crippen LogP contribution in [0, 0.1) is 23.2 Å². The molecule has 0 rings (SSSR count). The van der Waals surface area contributed by atoms with Gasteiger partial charge in [0.25, 0.3) is 0 Å². The Kier molecular flexibility index (Phi) is 6.11. The van der Waals surface area contributed by atoms with Gasteiger partial charge in [0.15, 0.2) is 5.92 Å². The maximum atomic E-state index is 11.3. The van der Waals surface area contributed by atoms with Crippen molar-refractivity contribution in [1.82, 2.24) is 0 Å². The molecule has 0 aliphatic carbocycles. The van der Waals surface area contributed by atoms with Crippen LogP contribution >= 0.6 is 0 Å². The molecule has 0 saturated heterocycles. The number of ether oxygens (including phenoxy) is 2. The van der Waals surface area contributed by atoms with Crippen LogP contribution in [0.5, 0.6) is 0 Å². The Balaban J connectivity index is 4.48. The lowest BCUT2D eigenvalue weighted by atomic mass is 9.96. The lowest BCUT2D eigenvalue weighted by molar-refractivity contribution is -0.157. The fraction of sp³-hybridized carbons (Fsp3) is 0.700. The zero-order valence-electron chi connectivity index (χ0n) is 9.15. The van der Waals surface area contributed by atoms with Gasteiger partial charge in [0.2, 0.25) is 0 Å². The third kappa shape index (κ3) is 3.98. The van der Waals surface area contributed by atoms with Gasteiger partial charge in [0, 0.05) is 0 Å². The smallest absolute Gasteiger partial charge is 0.324 e. The first-order valence-corrected chi connectivity index (χ1v) is 4.81. The summed E-state index contributed by atoms with van der Waals surface area (Å²) in [5, 5.41) is 8.75. The van der Waals surface area contributed by atoms with E-state index >= 15 is 0 Å². The molecule has 0 radical (unpaired) electrons. The average Bonchev–Trinajstić information content (AvgIpc) is 2.19. The van der Waals surface area contributed by atoms with Crippen molar-refractivity contribution in [2.24, 2.45) is 11.8 Å². The molecule has 0 spiro atoms. The molecule has 0 fully saturated rings. The van der Waals surface area contributed by atoms with Crippen molar-refractivity contribution in [3.63, 3.8) is 0 Å². The number of nitrogens with zero attached hydrogens (tertiary/aromatic N) is 1. The van der Waals surface area contributed by atoms with Gasteiger partial charge in [-0.2, -0.15) is 5.26 Å². The highest BCUT2D eigenvalue weighted by Crippen LogP contribution is 2.14. The summed E-state index contributed by atoms with van der Waals surface area (Å²) in [6, 6.07) is 1.75. The molecular formula is C10H15NO4. The van der Waals surface area contributed by atoms with Gasteiger partial charge in [-0.15, -0.1) is 0 Å². The summed E-state index contributed by atoms with van der Waals surface area (Å²) in [5.74, 6) is -3.13. The first-order valence-electron chi connectivity index (χ1n) is 4.81. The molecule has 0 saturated carbocycles. The van der Waals surface area contributed by atoms with Gasteiger partial charge in [-0.05, 0) is 13.8 Å². The molecular weight excluding hydrogens is 198 g/mol. The summed E-state index contributed by atoms with van der Waals surface area (Å²) in [6.45, 7) is 5.19. The molecule has 0 N–H and O–H groups in total. The summed E-state index contributed by atoms with van der Waals surface area (Å²) in [6.07, 6.45) is 0. The van der Waals surface area contributed by atoms with Gasteiger partial charge in [-0.25, -0.2) is 0 Å². The minimum absolute atomic E-state index is 0.187. The molecule has 0 bridgehead atoms. The lowest BCUT2D eigenvalue weighted by Gasteiger charge is -2.14. The first kappa shape index (κ1) is 13.4. The second-order valence-corrected chi connectivity index (χ2v) is 2.90. The van der Waals surface area contributed by atoms with Crippen LogP contribution < -0.4 is 0 Å². The van der Waals surface area contributed by atoms with Crippen LogP contribution in [0.25, 0.3) is 0 Å². The lowest BCUT2D eigenvalue weighted by Crippen LogP contribution is -2.29. The van der Waals surface area contributed by atoms with Crippen LogP contribution in [-0.2, 0) is 19.1 Å². The minimum atomic E-state index is -1.09. The second-order valence-electron chi connectivity index (χ2n) is 2.90. The van der Waals surface area contributed by atoms with E-state index in [9.17, 15) is 9.59 Å². The summed E-state index contributed by atoms with van der Waals surface area (Å²) < 4.78 is 9.39. The molecule has 0 heterocycles. The standard InChI is InChI=1S/C10H15NO4/c1-4-14-9(12)7(3)8(6-11)10(13)15-5-2/h7-8H,4-5H2,1-3H3/t7-,8-/m0/s1. The number of hydrogen-bond donors (Lipinski definition) is 0. The van der Waals surface area contributed by atoms with Gasteiger partial charge in [-0.3, -0.25) is 9.59 Å². The Morgan fingerprint density at radius 3 is 2.07 bits per heavy atom. The van der Waals surface area contributed by atoms with E-state index in [0.29, 0.717) is 0 Å². The Morgan fingerprint density at radius 2 is 1.67 bits per heavy atom. The molecule has 0 aliphatic heterocycles. The number of hydrogen-bond acceptors (Lipinski definition) is 5. The number of nitriles is 1. The van der Waals surface area contributed by atoms with E-state index in [-0.39, 0.29) is 13.2 Å². The largest absolute Gasteiger partial charge is 0.466 e. The van der Waals surface area contributed by atoms with E-state index in [2.05, 4.69) is 4.74 Å². The summed E-state index contributed by atoms with van der Waals surface area (Å²) in [4.78, 5) is 22.5. The van der Waals surface area contributed by atoms with E-state index in [0.717, 1.165) is 0 Å². The summed E-state index contributed by atoms with van der Waals surface area (Å²) in [5.41, 5.74) is 0. The normalized spacial score (nSPS) is 13.5. The molecule has 5 heteroatoms. The fourth-order valence-corrected chi connectivity index (χ4v) is 1.01. The van der Waals surface area contributed by atoms with Crippen LogP contribution in [0.4, 0.5) is 0 Å². The third-order valence-corrected chi connectivity index (χ3v) is 1.84. The van der Waals surface area contributed by atoms with Gasteiger partial charge in [0.05, 0.1) is 25.2 Å². The molecule has 2 atom stereocenters. The summed E-state index contributed by atoms with van der Waals surface area (Å²) in [7, 11) is 0. The van der Waals surface area contributed by atoms with Crippen LogP contribution in [0.1, 0.15) is 20.8 Å². The molecule has 0 unspecified atom stereocenters. The van der Waals surface area contributed by atoms with E-state index in [4.69, 9.17) is 10.00 Å². The quantitative estimate of drug-likeness (QED) is 0.634. The van der Waals surface area contributed by atoms with E-state index in [1.807, 2.05) is 0 Å². The topological polar surface area (TPSA) is 76.4 Å². The molecule has 0 aromatic rings. The van der Waals surface area contributed by atoms with Gasteiger partial charge >= 0.3 is 11.9 Å². The van der Waals surface area contributed by atoms with E-state index in [1.165, 1.54) is 6.92 Å². The number of carbonyl (C=O) groups excluding carboxylic acids is 2. The molecule has 84 valence electrons. The minimum Gasteiger partial charge on any atom is -0.466 e. The average molecular weight is 213 g/mol. The van der Waals surface area contributed by atoms with Crippen molar-refractivity contribution in [2.45, 2.75) is 20.8 Å². The van der Waals surface area contributed by atoms with Crippen molar-refractivity contribution < 1.29 is 19.1 Å². The van der Waals surface area contributed by atoms with Crippen molar-refractivity contribution in [2.75, 3.05) is 13.2 Å². The van der Waals surface area contributed by atoms with Crippen molar-refractivity contribution in [1.29, 1.82) is 5.26 Å². The maximum absolute atomic E-state index is 11.3. The third-order valence-electron chi connectivity index (χ3n) is 1.84. The molecule has 0 aromatic heterocycles. The Morgan fingerprint density at radius 1 is 1.20 bits per heavy atom. The maximum Gasteiger partial charge on any atom is 0.324 e.